The Morgan fingerprint density at radius 3 is 0.169 bits per heavy atom. The van der Waals surface area contributed by atoms with Crippen LogP contribution >= 0.6 is 0 Å². The quantitative estimate of drug-likeness (QED) is 0.0429. The molecule has 0 saturated carbocycles. The molecule has 0 aromatic heterocycles. The minimum atomic E-state index is 0. The smallest absolute Gasteiger partial charge is 0.412 e. The van der Waals surface area contributed by atoms with E-state index in [9.17, 15) is 0 Å². The van der Waals surface area contributed by atoms with Gasteiger partial charge in [0.2, 0.25) is 0 Å². The molecule has 0 aromatic carbocycles. The van der Waals surface area contributed by atoms with Gasteiger partial charge in [-0.2, -0.15) is 0 Å². The summed E-state index contributed by atoms with van der Waals surface area (Å²) < 4.78 is 0. The van der Waals surface area contributed by atoms with E-state index >= 15 is 0 Å². The molecule has 0 spiro atoms. The molecule has 0 aliphatic rings. The van der Waals surface area contributed by atoms with Gasteiger partial charge in [-0.05, 0) is 0 Å². The van der Waals surface area contributed by atoms with Crippen molar-refractivity contribution in [2.24, 2.45) is 0 Å². The molecular formula is C80H178AlNaO+4. The minimum Gasteiger partial charge on any atom is -0.412 e. The van der Waals surface area contributed by atoms with E-state index < -0.39 is 0 Å². The van der Waals surface area contributed by atoms with Crippen molar-refractivity contribution in [3.63, 3.8) is 0 Å². The van der Waals surface area contributed by atoms with Crippen LogP contribution in [0.25, 0.3) is 0 Å². The summed E-state index contributed by atoms with van der Waals surface area (Å²) in [6.45, 7) is 36.3. The fourth-order valence-corrected chi connectivity index (χ4v) is 9.66. The maximum atomic E-state index is 2.27. The van der Waals surface area contributed by atoms with Gasteiger partial charge in [0.05, 0.1) is 0 Å². The molecule has 0 amide bonds. The first-order valence-electron chi connectivity index (χ1n) is 39.3. The first-order valence-corrected chi connectivity index (χ1v) is 39.3. The van der Waals surface area contributed by atoms with Gasteiger partial charge in [0, 0.05) is 0 Å². The van der Waals surface area contributed by atoms with E-state index in [-0.39, 0.29) is 52.4 Å². The molecule has 0 radical (unpaired) electrons. The molecule has 0 saturated heterocycles. The fraction of sp³-hybridized carbons (Fsp3) is 1.00. The number of unbranched alkanes of at least 4 members (excludes halogenated alkanes) is 56. The van der Waals surface area contributed by atoms with Gasteiger partial charge < -0.3 is 5.48 Å². The summed E-state index contributed by atoms with van der Waals surface area (Å²) in [6.07, 6.45) is 91.7. The van der Waals surface area contributed by atoms with Crippen molar-refractivity contribution in [1.29, 1.82) is 0 Å². The van der Waals surface area contributed by atoms with E-state index in [4.69, 9.17) is 0 Å². The average Bonchev–Trinajstić information content (AvgIpc) is 3.47. The molecule has 83 heavy (non-hydrogen) atoms. The van der Waals surface area contributed by atoms with Crippen molar-refractivity contribution >= 4 is 17.4 Å². The van der Waals surface area contributed by atoms with Gasteiger partial charge in [-0.15, -0.1) is 0 Å². The first-order chi connectivity index (χ1) is 39.3. The van der Waals surface area contributed by atoms with Crippen LogP contribution < -0.4 is 29.6 Å². The van der Waals surface area contributed by atoms with Gasteiger partial charge in [-0.25, -0.2) is 0 Å². The zero-order chi connectivity index (χ0) is 61.3. The van der Waals surface area contributed by atoms with Gasteiger partial charge in [-0.1, -0.05) is 522 Å². The third kappa shape index (κ3) is 168. The Bertz CT molecular complexity index is 535. The largest absolute Gasteiger partial charge is 3.00 e. The maximum absolute atomic E-state index is 2.27. The van der Waals surface area contributed by atoms with Crippen LogP contribution in [0.2, 0.25) is 0 Å². The third-order valence-electron chi connectivity index (χ3n) is 15.7. The van der Waals surface area contributed by atoms with E-state index in [1.165, 1.54) is 411 Å². The van der Waals surface area contributed by atoms with Gasteiger partial charge in [0.15, 0.2) is 0 Å². The zero-order valence-electron chi connectivity index (χ0n) is 63.3. The summed E-state index contributed by atoms with van der Waals surface area (Å²) in [6, 6.07) is 0. The summed E-state index contributed by atoms with van der Waals surface area (Å²) in [5, 5.41) is 0. The van der Waals surface area contributed by atoms with Crippen molar-refractivity contribution < 1.29 is 35.0 Å². The van der Waals surface area contributed by atoms with Crippen LogP contribution in [0.4, 0.5) is 0 Å². The van der Waals surface area contributed by atoms with Crippen LogP contribution in [0.1, 0.15) is 522 Å². The maximum Gasteiger partial charge on any atom is 3.00 e. The van der Waals surface area contributed by atoms with Crippen molar-refractivity contribution in [2.75, 3.05) is 0 Å². The minimum absolute atomic E-state index is 0. The molecular weight excluding hydrogens is 1030 g/mol. The van der Waals surface area contributed by atoms with Crippen LogP contribution in [0.15, 0.2) is 0 Å². The predicted octanol–water partition coefficient (Wildman–Crippen LogP) is 29.0. The van der Waals surface area contributed by atoms with Gasteiger partial charge in [-0.3, -0.25) is 0 Å². The Morgan fingerprint density at radius 1 is 0.0964 bits per heavy atom. The third-order valence-corrected chi connectivity index (χ3v) is 15.7. The van der Waals surface area contributed by atoms with E-state index in [1.54, 1.807) is 0 Å². The number of hydrogen-bond donors (Lipinski definition) is 0. The van der Waals surface area contributed by atoms with Crippen molar-refractivity contribution in [3.8, 4) is 0 Å². The zero-order valence-corrected chi connectivity index (χ0v) is 66.5. The standard InChI is InChI=1S/8C10H22.Al.Na.H2O/c8*1-3-5-7-9-10-8-6-4-2;;;/h8*3-10H2,1-2H3;;;1H2/q;;;;;;;;+3;+1;. The molecule has 0 rings (SSSR count). The molecule has 0 heterocycles. The van der Waals surface area contributed by atoms with Crippen molar-refractivity contribution in [3.05, 3.63) is 0 Å². The second-order valence-electron chi connectivity index (χ2n) is 25.0. The van der Waals surface area contributed by atoms with E-state index in [2.05, 4.69) is 111 Å². The van der Waals surface area contributed by atoms with Gasteiger partial charge in [0.25, 0.3) is 0 Å². The summed E-state index contributed by atoms with van der Waals surface area (Å²) in [4.78, 5) is 0. The molecule has 0 atom stereocenters. The van der Waals surface area contributed by atoms with Crippen molar-refractivity contribution in [1.82, 2.24) is 0 Å². The van der Waals surface area contributed by atoms with Crippen LogP contribution in [0.5, 0.6) is 0 Å². The Hall–Kier alpha value is 1.49. The summed E-state index contributed by atoms with van der Waals surface area (Å²) in [7, 11) is 0. The molecule has 1 nitrogen and oxygen atoms in total. The van der Waals surface area contributed by atoms with Gasteiger partial charge in [0.1, 0.15) is 0 Å². The Kier molecular flexibility index (Phi) is 174. The Morgan fingerprint density at radius 2 is 0.133 bits per heavy atom. The van der Waals surface area contributed by atoms with Crippen LogP contribution in [0.3, 0.4) is 0 Å². The SMILES string of the molecule is CCCCCCCCCC.CCCCCCCCCC.CCCCCCCCCC.CCCCCCCCCC.CCCCCCCCCC.CCCCCCCCCC.CCCCCCCCCC.CCCCCCCCCC.O.[Al+3].[Na+]. The van der Waals surface area contributed by atoms with E-state index in [0.29, 0.717) is 0 Å². The van der Waals surface area contributed by atoms with Crippen LogP contribution in [0, 0.1) is 0 Å². The molecule has 504 valence electrons. The van der Waals surface area contributed by atoms with Crippen molar-refractivity contribution in [2.45, 2.75) is 522 Å². The van der Waals surface area contributed by atoms with Gasteiger partial charge >= 0.3 is 46.9 Å². The summed E-state index contributed by atoms with van der Waals surface area (Å²) >= 11 is 0. The van der Waals surface area contributed by atoms with E-state index in [0.717, 1.165) is 0 Å². The second kappa shape index (κ2) is 132. The molecule has 0 unspecified atom stereocenters. The predicted molar refractivity (Wildman–Crippen MR) is 396 cm³/mol. The molecule has 0 aromatic rings. The molecule has 0 aliphatic heterocycles. The average molecular weight is 1210 g/mol. The molecule has 2 N–H and O–H groups in total. The number of rotatable bonds is 56. The monoisotopic (exact) mass is 1210 g/mol. The number of hydrogen-bond acceptors (Lipinski definition) is 0. The molecule has 3 heteroatoms. The summed E-state index contributed by atoms with van der Waals surface area (Å²) in [5.74, 6) is 0. The molecule has 0 aliphatic carbocycles. The first kappa shape index (κ1) is 109. The fourth-order valence-electron chi connectivity index (χ4n) is 9.66. The second-order valence-corrected chi connectivity index (χ2v) is 25.0. The topological polar surface area (TPSA) is 31.5 Å². The Labute approximate surface area is 569 Å². The molecule has 0 bridgehead atoms. The normalized spacial score (nSPS) is 9.83. The van der Waals surface area contributed by atoms with Crippen LogP contribution in [-0.2, 0) is 0 Å². The Balaban J connectivity index is -0.0000000789. The van der Waals surface area contributed by atoms with E-state index in [1.807, 2.05) is 0 Å². The summed E-state index contributed by atoms with van der Waals surface area (Å²) in [5.41, 5.74) is 0. The molecule has 0 fully saturated rings. The van der Waals surface area contributed by atoms with Crippen LogP contribution in [-0.4, -0.2) is 22.8 Å².